The van der Waals surface area contributed by atoms with E-state index >= 15 is 0 Å². The van der Waals surface area contributed by atoms with E-state index < -0.39 is 0 Å². The third-order valence-corrected chi connectivity index (χ3v) is 2.55. The Bertz CT molecular complexity index is 407. The zero-order chi connectivity index (χ0) is 13.4. The van der Waals surface area contributed by atoms with Gasteiger partial charge in [-0.2, -0.15) is 0 Å². The van der Waals surface area contributed by atoms with E-state index in [1.165, 1.54) is 12.1 Å². The Balaban J connectivity index is 2.51. The van der Waals surface area contributed by atoms with E-state index in [2.05, 4.69) is 11.9 Å². The number of nitrogens with one attached hydrogen (secondary N) is 1. The van der Waals surface area contributed by atoms with E-state index in [0.29, 0.717) is 19.6 Å². The number of hydrogen-bond acceptors (Lipinski definition) is 2. The van der Waals surface area contributed by atoms with E-state index in [0.717, 1.165) is 12.1 Å². The molecule has 3 nitrogen and oxygen atoms in total. The number of carbonyl (C=O) groups excluding carboxylic acids is 1. The molecule has 0 heterocycles. The molecule has 0 aliphatic heterocycles. The number of benzene rings is 1. The largest absolute Gasteiger partial charge is 0.352 e. The van der Waals surface area contributed by atoms with E-state index in [1.54, 1.807) is 12.1 Å². The monoisotopic (exact) mass is 250 g/mol. The van der Waals surface area contributed by atoms with Crippen molar-refractivity contribution >= 4 is 5.91 Å². The lowest BCUT2D eigenvalue weighted by atomic mass is 10.2. The second kappa shape index (κ2) is 7.61. The standard InChI is InChI=1S/C14H19FN2O/c1-3-8-16-14(18)11-17(4-2)10-12-6-5-7-13(15)9-12/h3,5-7,9H,1,4,8,10-11H2,2H3,(H,16,18). The molecule has 0 saturated heterocycles. The molecule has 0 aliphatic carbocycles. The molecule has 0 bridgehead atoms. The number of rotatable bonds is 7. The first-order valence-corrected chi connectivity index (χ1v) is 6.00. The third-order valence-electron chi connectivity index (χ3n) is 2.55. The third kappa shape index (κ3) is 5.10. The average Bonchev–Trinajstić information content (AvgIpc) is 2.35. The average molecular weight is 250 g/mol. The summed E-state index contributed by atoms with van der Waals surface area (Å²) >= 11 is 0. The maximum absolute atomic E-state index is 13.0. The van der Waals surface area contributed by atoms with Gasteiger partial charge in [0.25, 0.3) is 0 Å². The van der Waals surface area contributed by atoms with Crippen molar-refractivity contribution in [2.24, 2.45) is 0 Å². The number of carbonyl (C=O) groups is 1. The van der Waals surface area contributed by atoms with Crippen LogP contribution in [0.25, 0.3) is 0 Å². The number of likely N-dealkylation sites (N-methyl/N-ethyl adjacent to an activating group) is 1. The summed E-state index contributed by atoms with van der Waals surface area (Å²) in [4.78, 5) is 13.5. The summed E-state index contributed by atoms with van der Waals surface area (Å²) in [5.74, 6) is -0.298. The molecule has 0 aliphatic rings. The summed E-state index contributed by atoms with van der Waals surface area (Å²) in [6.07, 6.45) is 1.64. The molecule has 0 spiro atoms. The number of nitrogens with zero attached hydrogens (tertiary/aromatic N) is 1. The molecule has 4 heteroatoms. The summed E-state index contributed by atoms with van der Waals surface area (Å²) in [6.45, 7) is 7.59. The Morgan fingerprint density at radius 1 is 1.56 bits per heavy atom. The van der Waals surface area contributed by atoms with Crippen LogP contribution in [0, 0.1) is 5.82 Å². The Morgan fingerprint density at radius 2 is 2.33 bits per heavy atom. The van der Waals surface area contributed by atoms with Crippen molar-refractivity contribution in [1.29, 1.82) is 0 Å². The van der Waals surface area contributed by atoms with Gasteiger partial charge in [0.2, 0.25) is 5.91 Å². The van der Waals surface area contributed by atoms with E-state index in [9.17, 15) is 9.18 Å². The van der Waals surface area contributed by atoms with E-state index in [1.807, 2.05) is 17.9 Å². The van der Waals surface area contributed by atoms with Crippen molar-refractivity contribution in [3.8, 4) is 0 Å². The second-order valence-corrected chi connectivity index (χ2v) is 4.03. The minimum absolute atomic E-state index is 0.0480. The fourth-order valence-corrected chi connectivity index (χ4v) is 1.62. The molecule has 0 saturated carbocycles. The van der Waals surface area contributed by atoms with Gasteiger partial charge in [-0.3, -0.25) is 9.69 Å². The lowest BCUT2D eigenvalue weighted by Gasteiger charge is -2.19. The molecule has 0 atom stereocenters. The normalized spacial score (nSPS) is 10.4. The minimum atomic E-state index is -0.250. The quantitative estimate of drug-likeness (QED) is 0.750. The molecule has 0 aromatic heterocycles. The Kier molecular flexibility index (Phi) is 6.08. The predicted octanol–water partition coefficient (Wildman–Crippen LogP) is 1.95. The highest BCUT2D eigenvalue weighted by Gasteiger charge is 2.09. The van der Waals surface area contributed by atoms with E-state index in [-0.39, 0.29) is 11.7 Å². The molecule has 1 aromatic carbocycles. The van der Waals surface area contributed by atoms with Crippen LogP contribution in [-0.4, -0.2) is 30.4 Å². The fraction of sp³-hybridized carbons (Fsp3) is 0.357. The zero-order valence-corrected chi connectivity index (χ0v) is 10.7. The zero-order valence-electron chi connectivity index (χ0n) is 10.7. The number of halogens is 1. The van der Waals surface area contributed by atoms with Crippen molar-refractivity contribution < 1.29 is 9.18 Å². The first-order valence-electron chi connectivity index (χ1n) is 6.00. The first-order chi connectivity index (χ1) is 8.65. The van der Waals surface area contributed by atoms with Crippen molar-refractivity contribution in [2.75, 3.05) is 19.6 Å². The minimum Gasteiger partial charge on any atom is -0.352 e. The van der Waals surface area contributed by atoms with Crippen molar-refractivity contribution in [3.63, 3.8) is 0 Å². The molecule has 0 fully saturated rings. The van der Waals surface area contributed by atoms with Gasteiger partial charge in [-0.05, 0) is 24.2 Å². The molecular formula is C14H19FN2O. The molecule has 0 unspecified atom stereocenters. The van der Waals surface area contributed by atoms with Gasteiger partial charge >= 0.3 is 0 Å². The molecule has 18 heavy (non-hydrogen) atoms. The van der Waals surface area contributed by atoms with Gasteiger partial charge in [0.15, 0.2) is 0 Å². The number of hydrogen-bond donors (Lipinski definition) is 1. The van der Waals surface area contributed by atoms with Crippen LogP contribution in [0.2, 0.25) is 0 Å². The molecule has 1 rings (SSSR count). The van der Waals surface area contributed by atoms with Gasteiger partial charge in [0.05, 0.1) is 6.54 Å². The van der Waals surface area contributed by atoms with Crippen LogP contribution in [0.3, 0.4) is 0 Å². The van der Waals surface area contributed by atoms with Crippen molar-refractivity contribution in [1.82, 2.24) is 10.2 Å². The van der Waals surface area contributed by atoms with Gasteiger partial charge in [-0.25, -0.2) is 4.39 Å². The highest BCUT2D eigenvalue weighted by molar-refractivity contribution is 5.78. The lowest BCUT2D eigenvalue weighted by molar-refractivity contribution is -0.122. The van der Waals surface area contributed by atoms with Gasteiger partial charge in [0.1, 0.15) is 5.82 Å². The van der Waals surface area contributed by atoms with Crippen molar-refractivity contribution in [2.45, 2.75) is 13.5 Å². The van der Waals surface area contributed by atoms with Gasteiger partial charge < -0.3 is 5.32 Å². The molecule has 0 radical (unpaired) electrons. The number of amides is 1. The van der Waals surface area contributed by atoms with Crippen LogP contribution >= 0.6 is 0 Å². The first kappa shape index (κ1) is 14.4. The maximum atomic E-state index is 13.0. The summed E-state index contributed by atoms with van der Waals surface area (Å²) in [6, 6.07) is 6.44. The predicted molar refractivity (Wildman–Crippen MR) is 70.6 cm³/mol. The topological polar surface area (TPSA) is 32.3 Å². The molecule has 1 N–H and O–H groups in total. The molecular weight excluding hydrogens is 231 g/mol. The summed E-state index contributed by atoms with van der Waals surface area (Å²) in [5.41, 5.74) is 0.869. The van der Waals surface area contributed by atoms with Crippen LogP contribution in [-0.2, 0) is 11.3 Å². The smallest absolute Gasteiger partial charge is 0.234 e. The second-order valence-electron chi connectivity index (χ2n) is 4.03. The van der Waals surface area contributed by atoms with Crippen LogP contribution in [0.1, 0.15) is 12.5 Å². The highest BCUT2D eigenvalue weighted by atomic mass is 19.1. The Labute approximate surface area is 107 Å². The van der Waals surface area contributed by atoms with Crippen LogP contribution < -0.4 is 5.32 Å². The molecule has 98 valence electrons. The molecule has 1 aromatic rings. The van der Waals surface area contributed by atoms with Gasteiger partial charge in [-0.15, -0.1) is 6.58 Å². The summed E-state index contributed by atoms with van der Waals surface area (Å²) in [5, 5.41) is 2.72. The summed E-state index contributed by atoms with van der Waals surface area (Å²) < 4.78 is 13.0. The fourth-order valence-electron chi connectivity index (χ4n) is 1.62. The van der Waals surface area contributed by atoms with E-state index in [4.69, 9.17) is 0 Å². The van der Waals surface area contributed by atoms with Crippen LogP contribution in [0.5, 0.6) is 0 Å². The maximum Gasteiger partial charge on any atom is 0.234 e. The van der Waals surface area contributed by atoms with Crippen LogP contribution in [0.4, 0.5) is 4.39 Å². The van der Waals surface area contributed by atoms with Crippen molar-refractivity contribution in [3.05, 3.63) is 48.3 Å². The Morgan fingerprint density at radius 3 is 2.94 bits per heavy atom. The summed E-state index contributed by atoms with van der Waals surface area (Å²) in [7, 11) is 0. The molecule has 1 amide bonds. The van der Waals surface area contributed by atoms with Crippen LogP contribution in [0.15, 0.2) is 36.9 Å². The van der Waals surface area contributed by atoms with Gasteiger partial charge in [0, 0.05) is 13.1 Å². The van der Waals surface area contributed by atoms with Gasteiger partial charge in [-0.1, -0.05) is 25.1 Å². The highest BCUT2D eigenvalue weighted by Crippen LogP contribution is 2.06. The Hall–Kier alpha value is -1.68. The lowest BCUT2D eigenvalue weighted by Crippen LogP contribution is -2.36. The SMILES string of the molecule is C=CCNC(=O)CN(CC)Cc1cccc(F)c1.